The van der Waals surface area contributed by atoms with Crippen LogP contribution in [-0.4, -0.2) is 47.2 Å². The second-order valence-electron chi connectivity index (χ2n) is 9.98. The number of aromatic nitrogens is 2. The second-order valence-corrected chi connectivity index (χ2v) is 11.1. The van der Waals surface area contributed by atoms with Gasteiger partial charge in [-0.25, -0.2) is 33.4 Å². The minimum atomic E-state index is -1.47. The van der Waals surface area contributed by atoms with E-state index in [0.29, 0.717) is 66.3 Å². The predicted octanol–water partition coefficient (Wildman–Crippen LogP) is 5.22. The summed E-state index contributed by atoms with van der Waals surface area (Å²) in [7, 11) is 0. The molecule has 0 atom stereocenters. The predicted molar refractivity (Wildman–Crippen MR) is 172 cm³/mol. The van der Waals surface area contributed by atoms with Gasteiger partial charge in [0.15, 0.2) is 23.3 Å². The van der Waals surface area contributed by atoms with E-state index in [1.54, 1.807) is 24.3 Å². The molecule has 0 radical (unpaired) electrons. The first-order valence-electron chi connectivity index (χ1n) is 14.5. The van der Waals surface area contributed by atoms with Crippen molar-refractivity contribution in [3.8, 4) is 5.75 Å². The average Bonchev–Trinajstić information content (AvgIpc) is 3.08. The fourth-order valence-electron chi connectivity index (χ4n) is 4.18. The SMILES string of the molecule is NNc1ccc(C(=O)NCCCNC(=O)/C=C/c2nc(CCSc3c(F)c(F)cc(F)c3F)ccc2OCCc2ccccc2)cn1. The van der Waals surface area contributed by atoms with Crippen LogP contribution in [0.2, 0.25) is 0 Å². The molecule has 0 bridgehead atoms. The van der Waals surface area contributed by atoms with Gasteiger partial charge in [0.2, 0.25) is 5.91 Å². The van der Waals surface area contributed by atoms with Crippen LogP contribution in [0.1, 0.15) is 33.7 Å². The molecule has 0 spiro atoms. The third-order valence-electron chi connectivity index (χ3n) is 6.62. The number of anilines is 1. The van der Waals surface area contributed by atoms with E-state index in [4.69, 9.17) is 10.6 Å². The van der Waals surface area contributed by atoms with Crippen molar-refractivity contribution in [3.05, 3.63) is 119 Å². The molecule has 0 aliphatic carbocycles. The van der Waals surface area contributed by atoms with Gasteiger partial charge in [-0.1, -0.05) is 30.3 Å². The topological polar surface area (TPSA) is 131 Å². The number of hydrazine groups is 1. The van der Waals surface area contributed by atoms with Crippen LogP contribution in [0.3, 0.4) is 0 Å². The van der Waals surface area contributed by atoms with Crippen molar-refractivity contribution in [1.29, 1.82) is 0 Å². The van der Waals surface area contributed by atoms with Gasteiger partial charge in [-0.2, -0.15) is 0 Å². The Hall–Kier alpha value is -4.95. The van der Waals surface area contributed by atoms with Crippen LogP contribution in [0, 0.1) is 23.3 Å². The summed E-state index contributed by atoms with van der Waals surface area (Å²) in [5, 5.41) is 5.48. The van der Waals surface area contributed by atoms with Crippen molar-refractivity contribution in [3.63, 3.8) is 0 Å². The molecule has 47 heavy (non-hydrogen) atoms. The van der Waals surface area contributed by atoms with Crippen molar-refractivity contribution in [2.24, 2.45) is 5.84 Å². The zero-order valence-corrected chi connectivity index (χ0v) is 25.9. The zero-order chi connectivity index (χ0) is 33.6. The Labute approximate surface area is 273 Å². The Morgan fingerprint density at radius 1 is 0.915 bits per heavy atom. The van der Waals surface area contributed by atoms with Crippen molar-refractivity contribution >= 4 is 35.5 Å². The van der Waals surface area contributed by atoms with E-state index in [2.05, 4.69) is 26.0 Å². The maximum absolute atomic E-state index is 14.1. The number of ether oxygens (including phenoxy) is 1. The molecule has 0 saturated carbocycles. The van der Waals surface area contributed by atoms with E-state index in [1.165, 1.54) is 18.3 Å². The number of pyridine rings is 2. The molecule has 0 unspecified atom stereocenters. The number of amides is 2. The Morgan fingerprint density at radius 2 is 1.66 bits per heavy atom. The number of nitrogens with zero attached hydrogens (tertiary/aromatic N) is 2. The van der Waals surface area contributed by atoms with Gasteiger partial charge in [-0.3, -0.25) is 9.59 Å². The smallest absolute Gasteiger partial charge is 0.252 e. The van der Waals surface area contributed by atoms with Crippen LogP contribution >= 0.6 is 11.8 Å². The number of thioether (sulfide) groups is 1. The lowest BCUT2D eigenvalue weighted by Crippen LogP contribution is -2.29. The highest BCUT2D eigenvalue weighted by Gasteiger charge is 2.19. The monoisotopic (exact) mass is 668 g/mol. The highest BCUT2D eigenvalue weighted by molar-refractivity contribution is 7.99. The summed E-state index contributed by atoms with van der Waals surface area (Å²) in [5.41, 5.74) is 4.68. The largest absolute Gasteiger partial charge is 0.491 e. The maximum atomic E-state index is 14.1. The number of carbonyl (C=O) groups is 2. The lowest BCUT2D eigenvalue weighted by Gasteiger charge is -2.11. The van der Waals surface area contributed by atoms with E-state index in [-0.39, 0.29) is 30.7 Å². The highest BCUT2D eigenvalue weighted by atomic mass is 32.2. The van der Waals surface area contributed by atoms with Crippen LogP contribution in [0.4, 0.5) is 23.4 Å². The van der Waals surface area contributed by atoms with Crippen LogP contribution < -0.4 is 26.6 Å². The van der Waals surface area contributed by atoms with Crippen LogP contribution in [0.15, 0.2) is 77.8 Å². The first kappa shape index (κ1) is 34.9. The van der Waals surface area contributed by atoms with Crippen LogP contribution in [0.5, 0.6) is 5.75 Å². The minimum Gasteiger partial charge on any atom is -0.491 e. The van der Waals surface area contributed by atoms with E-state index in [1.807, 2.05) is 30.3 Å². The van der Waals surface area contributed by atoms with E-state index in [9.17, 15) is 27.2 Å². The number of nitrogen functional groups attached to an aromatic ring is 1. The summed E-state index contributed by atoms with van der Waals surface area (Å²) >= 11 is 0.632. The van der Waals surface area contributed by atoms with E-state index < -0.39 is 34.1 Å². The van der Waals surface area contributed by atoms with Gasteiger partial charge < -0.3 is 20.8 Å². The molecule has 0 aliphatic heterocycles. The minimum absolute atomic E-state index is 0.0743. The van der Waals surface area contributed by atoms with Gasteiger partial charge in [-0.05, 0) is 48.7 Å². The number of rotatable bonds is 16. The molecular formula is C33H32F4N6O3S. The molecule has 9 nitrogen and oxygen atoms in total. The Bertz CT molecular complexity index is 1670. The first-order valence-corrected chi connectivity index (χ1v) is 15.5. The number of hydrogen-bond donors (Lipinski definition) is 4. The molecule has 14 heteroatoms. The lowest BCUT2D eigenvalue weighted by molar-refractivity contribution is -0.116. The molecule has 0 aliphatic rings. The van der Waals surface area contributed by atoms with Gasteiger partial charge in [0.1, 0.15) is 17.3 Å². The zero-order valence-electron chi connectivity index (χ0n) is 25.1. The third-order valence-corrected chi connectivity index (χ3v) is 7.67. The molecule has 0 fully saturated rings. The van der Waals surface area contributed by atoms with Gasteiger partial charge in [0.25, 0.3) is 5.91 Å². The molecule has 2 aromatic carbocycles. The summed E-state index contributed by atoms with van der Waals surface area (Å²) in [5.74, 6) is -0.367. The fraction of sp³-hybridized carbons (Fsp3) is 0.212. The van der Waals surface area contributed by atoms with Crippen molar-refractivity contribution < 1.29 is 31.9 Å². The highest BCUT2D eigenvalue weighted by Crippen LogP contribution is 2.29. The molecule has 2 aromatic heterocycles. The summed E-state index contributed by atoms with van der Waals surface area (Å²) in [6, 6.07) is 16.4. The number of hydrogen-bond acceptors (Lipinski definition) is 8. The van der Waals surface area contributed by atoms with Crippen molar-refractivity contribution in [1.82, 2.24) is 20.6 Å². The van der Waals surface area contributed by atoms with E-state index in [0.717, 1.165) is 5.56 Å². The van der Waals surface area contributed by atoms with E-state index >= 15 is 0 Å². The van der Waals surface area contributed by atoms with Gasteiger partial charge in [0.05, 0.1) is 17.1 Å². The normalized spacial score (nSPS) is 11.0. The number of carbonyl (C=O) groups excluding carboxylic acids is 2. The Kier molecular flexibility index (Phi) is 13.1. The summed E-state index contributed by atoms with van der Waals surface area (Å²) < 4.78 is 61.2. The summed E-state index contributed by atoms with van der Waals surface area (Å²) in [6.07, 6.45) is 5.48. The fourth-order valence-corrected chi connectivity index (χ4v) is 5.14. The molecule has 246 valence electrons. The quantitative estimate of drug-likeness (QED) is 0.0243. The van der Waals surface area contributed by atoms with Crippen molar-refractivity contribution in [2.45, 2.75) is 24.2 Å². The average molecular weight is 669 g/mol. The van der Waals surface area contributed by atoms with Gasteiger partial charge >= 0.3 is 0 Å². The van der Waals surface area contributed by atoms with Crippen molar-refractivity contribution in [2.75, 3.05) is 30.9 Å². The molecule has 2 heterocycles. The number of halogens is 4. The van der Waals surface area contributed by atoms with Crippen LogP contribution in [0.25, 0.3) is 6.08 Å². The Morgan fingerprint density at radius 3 is 2.36 bits per heavy atom. The number of nitrogens with one attached hydrogen (secondary N) is 3. The lowest BCUT2D eigenvalue weighted by atomic mass is 10.2. The molecule has 5 N–H and O–H groups in total. The molecule has 4 aromatic rings. The second kappa shape index (κ2) is 17.7. The van der Waals surface area contributed by atoms with Gasteiger partial charge in [0, 0.05) is 49.3 Å². The summed E-state index contributed by atoms with van der Waals surface area (Å²) in [6.45, 7) is 0.945. The van der Waals surface area contributed by atoms with Crippen LogP contribution in [-0.2, 0) is 17.6 Å². The number of benzene rings is 2. The number of nitrogens with two attached hydrogens (primary N) is 1. The first-order chi connectivity index (χ1) is 22.7. The molecular weight excluding hydrogens is 636 g/mol. The maximum Gasteiger partial charge on any atom is 0.252 e. The van der Waals surface area contributed by atoms with Gasteiger partial charge in [-0.15, -0.1) is 11.8 Å². The molecule has 2 amide bonds. The Balaban J connectivity index is 1.33. The molecule has 0 saturated heterocycles. The summed E-state index contributed by atoms with van der Waals surface area (Å²) in [4.78, 5) is 32.5. The molecule has 4 rings (SSSR count). The number of aryl methyl sites for hydroxylation is 1. The standard InChI is InChI=1S/C33H32F4N6O3S/c34-24-19-25(35)31(37)32(30(24)36)47-18-14-23-8-10-27(46-17-13-21-5-2-1-3-6-21)26(42-23)9-12-29(44)39-15-4-16-40-33(45)22-7-11-28(43-38)41-20-22/h1-3,5-12,19-20H,4,13-18,38H2,(H,39,44)(H,40,45)(H,41,43)/b12-9+. The third kappa shape index (κ3) is 10.5.